The van der Waals surface area contributed by atoms with Crippen molar-refractivity contribution >= 4 is 0 Å². The number of nitrogens with one attached hydrogen (secondary N) is 1. The molecule has 1 N–H and O–H groups in total. The quantitative estimate of drug-likeness (QED) is 0.564. The Balaban J connectivity index is 1.75. The van der Waals surface area contributed by atoms with E-state index in [-0.39, 0.29) is 0 Å². The molecule has 0 aromatic rings. The smallest absolute Gasteiger partial charge is 0.0593 e. The van der Waals surface area contributed by atoms with Crippen molar-refractivity contribution in [3.63, 3.8) is 0 Å². The maximum atomic E-state index is 5.55. The Morgan fingerprint density at radius 3 is 2.79 bits per heavy atom. The maximum Gasteiger partial charge on any atom is 0.0593 e. The van der Waals surface area contributed by atoms with E-state index >= 15 is 0 Å². The maximum absolute atomic E-state index is 5.55. The van der Waals surface area contributed by atoms with E-state index in [0.717, 1.165) is 45.3 Å². The summed E-state index contributed by atoms with van der Waals surface area (Å²) in [5.74, 6) is 0. The summed E-state index contributed by atoms with van der Waals surface area (Å²) in [7, 11) is 2.19. The lowest BCUT2D eigenvalue weighted by Gasteiger charge is -2.15. The van der Waals surface area contributed by atoms with E-state index in [4.69, 9.17) is 4.74 Å². The molecule has 1 rings (SSSR count). The van der Waals surface area contributed by atoms with Gasteiger partial charge in [-0.1, -0.05) is 6.92 Å². The molecule has 0 aromatic carbocycles. The molecule has 0 radical (unpaired) electrons. The second-order valence-electron chi connectivity index (χ2n) is 4.03. The summed E-state index contributed by atoms with van der Waals surface area (Å²) in [5, 5.41) is 3.29. The van der Waals surface area contributed by atoms with Crippen LogP contribution in [0.25, 0.3) is 0 Å². The third-order valence-electron chi connectivity index (χ3n) is 2.65. The number of ether oxygens (including phenoxy) is 1. The molecule has 1 fully saturated rings. The van der Waals surface area contributed by atoms with Crippen molar-refractivity contribution in [2.75, 3.05) is 39.9 Å². The first-order chi connectivity index (χ1) is 6.84. The molecule has 0 amide bonds. The minimum atomic E-state index is 0.861. The Morgan fingerprint density at radius 2 is 2.14 bits per heavy atom. The van der Waals surface area contributed by atoms with Crippen molar-refractivity contribution in [3.8, 4) is 0 Å². The second kappa shape index (κ2) is 7.21. The normalized spacial score (nSPS) is 16.5. The molecule has 1 saturated carbocycles. The Morgan fingerprint density at radius 1 is 1.36 bits per heavy atom. The lowest BCUT2D eigenvalue weighted by atomic mass is 10.4. The second-order valence-corrected chi connectivity index (χ2v) is 4.03. The van der Waals surface area contributed by atoms with E-state index in [1.807, 2.05) is 0 Å². The minimum absolute atomic E-state index is 0.861. The van der Waals surface area contributed by atoms with Crippen LogP contribution in [0, 0.1) is 0 Å². The predicted octanol–water partition coefficient (Wildman–Crippen LogP) is 1.10. The number of rotatable bonds is 9. The van der Waals surface area contributed by atoms with E-state index in [1.54, 1.807) is 0 Å². The third kappa shape index (κ3) is 5.58. The molecule has 3 nitrogen and oxygen atoms in total. The molecule has 0 aliphatic heterocycles. The van der Waals surface area contributed by atoms with Crippen LogP contribution in [0.2, 0.25) is 0 Å². The van der Waals surface area contributed by atoms with Gasteiger partial charge in [-0.05, 0) is 39.4 Å². The van der Waals surface area contributed by atoms with Crippen molar-refractivity contribution in [1.82, 2.24) is 10.2 Å². The number of likely N-dealkylation sites (N-methyl/N-ethyl adjacent to an activating group) is 1. The third-order valence-corrected chi connectivity index (χ3v) is 2.65. The molecule has 0 atom stereocenters. The molecule has 0 aromatic heterocycles. The van der Waals surface area contributed by atoms with Crippen molar-refractivity contribution in [3.05, 3.63) is 0 Å². The first-order valence-electron chi connectivity index (χ1n) is 5.83. The number of nitrogens with zero attached hydrogens (tertiary/aromatic N) is 1. The lowest BCUT2D eigenvalue weighted by Crippen LogP contribution is -2.25. The van der Waals surface area contributed by atoms with Crippen molar-refractivity contribution in [1.29, 1.82) is 0 Å². The van der Waals surface area contributed by atoms with Crippen LogP contribution < -0.4 is 5.32 Å². The fourth-order valence-corrected chi connectivity index (χ4v) is 1.48. The van der Waals surface area contributed by atoms with Gasteiger partial charge in [0.1, 0.15) is 0 Å². The highest BCUT2D eigenvalue weighted by Crippen LogP contribution is 2.24. The van der Waals surface area contributed by atoms with E-state index in [2.05, 4.69) is 24.2 Å². The Hall–Kier alpha value is -0.120. The summed E-state index contributed by atoms with van der Waals surface area (Å²) < 4.78 is 5.55. The predicted molar refractivity (Wildman–Crippen MR) is 59.6 cm³/mol. The monoisotopic (exact) mass is 200 g/mol. The van der Waals surface area contributed by atoms with Crippen LogP contribution in [-0.2, 0) is 4.74 Å². The molecule has 0 heterocycles. The average Bonchev–Trinajstić information content (AvgIpc) is 2.99. The molecule has 0 unspecified atom stereocenters. The molecule has 0 spiro atoms. The average molecular weight is 200 g/mol. The number of hydrogen-bond acceptors (Lipinski definition) is 3. The van der Waals surface area contributed by atoms with Crippen molar-refractivity contribution < 1.29 is 4.74 Å². The minimum Gasteiger partial charge on any atom is -0.380 e. The van der Waals surface area contributed by atoms with Gasteiger partial charge in [0.05, 0.1) is 6.61 Å². The van der Waals surface area contributed by atoms with Gasteiger partial charge in [0.25, 0.3) is 0 Å². The van der Waals surface area contributed by atoms with Gasteiger partial charge in [-0.3, -0.25) is 0 Å². The number of hydrogen-bond donors (Lipinski definition) is 1. The summed E-state index contributed by atoms with van der Waals surface area (Å²) in [6.07, 6.45) is 3.90. The molecule has 1 aliphatic rings. The zero-order valence-electron chi connectivity index (χ0n) is 9.59. The van der Waals surface area contributed by atoms with E-state index in [0.29, 0.717) is 0 Å². The van der Waals surface area contributed by atoms with Crippen LogP contribution in [-0.4, -0.2) is 50.8 Å². The summed E-state index contributed by atoms with van der Waals surface area (Å²) in [6, 6.07) is 0.861. The van der Waals surface area contributed by atoms with Crippen LogP contribution in [0.4, 0.5) is 0 Å². The fraction of sp³-hybridized carbons (Fsp3) is 1.00. The molecule has 0 bridgehead atoms. The molecule has 1 aliphatic carbocycles. The zero-order valence-corrected chi connectivity index (χ0v) is 9.59. The van der Waals surface area contributed by atoms with E-state index < -0.39 is 0 Å². The SMILES string of the molecule is CCNCCCOCCN(C)C1CC1. The van der Waals surface area contributed by atoms with Crippen LogP contribution in [0.5, 0.6) is 0 Å². The van der Waals surface area contributed by atoms with Crippen LogP contribution in [0.3, 0.4) is 0 Å². The first kappa shape index (κ1) is 12.0. The summed E-state index contributed by atoms with van der Waals surface area (Å²) in [5.41, 5.74) is 0. The fourth-order valence-electron chi connectivity index (χ4n) is 1.48. The first-order valence-corrected chi connectivity index (χ1v) is 5.83. The lowest BCUT2D eigenvalue weighted by molar-refractivity contribution is 0.108. The van der Waals surface area contributed by atoms with Crippen molar-refractivity contribution in [2.45, 2.75) is 32.2 Å². The van der Waals surface area contributed by atoms with Gasteiger partial charge in [0, 0.05) is 19.2 Å². The topological polar surface area (TPSA) is 24.5 Å². The molecule has 84 valence electrons. The molecular formula is C11H24N2O. The van der Waals surface area contributed by atoms with E-state index in [1.165, 1.54) is 12.8 Å². The summed E-state index contributed by atoms with van der Waals surface area (Å²) in [6.45, 7) is 7.14. The highest BCUT2D eigenvalue weighted by Gasteiger charge is 2.25. The highest BCUT2D eigenvalue weighted by atomic mass is 16.5. The standard InChI is InChI=1S/C11H24N2O/c1-3-12-7-4-9-14-10-8-13(2)11-5-6-11/h11-12H,3-10H2,1-2H3. The van der Waals surface area contributed by atoms with Gasteiger partial charge >= 0.3 is 0 Å². The van der Waals surface area contributed by atoms with Crippen LogP contribution in [0.1, 0.15) is 26.2 Å². The molecule has 3 heteroatoms. The molecule has 0 saturated heterocycles. The van der Waals surface area contributed by atoms with E-state index in [9.17, 15) is 0 Å². The molecular weight excluding hydrogens is 176 g/mol. The van der Waals surface area contributed by atoms with Gasteiger partial charge in [0.2, 0.25) is 0 Å². The van der Waals surface area contributed by atoms with Gasteiger partial charge in [-0.15, -0.1) is 0 Å². The van der Waals surface area contributed by atoms with Gasteiger partial charge < -0.3 is 15.0 Å². The Kier molecular flexibility index (Phi) is 6.15. The van der Waals surface area contributed by atoms with Gasteiger partial charge in [-0.25, -0.2) is 0 Å². The Bertz CT molecular complexity index is 137. The zero-order chi connectivity index (χ0) is 10.2. The van der Waals surface area contributed by atoms with Crippen LogP contribution >= 0.6 is 0 Å². The Labute approximate surface area is 87.8 Å². The highest BCUT2D eigenvalue weighted by molar-refractivity contribution is 4.81. The summed E-state index contributed by atoms with van der Waals surface area (Å²) in [4.78, 5) is 2.41. The molecule has 14 heavy (non-hydrogen) atoms. The van der Waals surface area contributed by atoms with Gasteiger partial charge in [0.15, 0.2) is 0 Å². The van der Waals surface area contributed by atoms with Gasteiger partial charge in [-0.2, -0.15) is 0 Å². The van der Waals surface area contributed by atoms with Crippen LogP contribution in [0.15, 0.2) is 0 Å². The van der Waals surface area contributed by atoms with Crippen molar-refractivity contribution in [2.24, 2.45) is 0 Å². The summed E-state index contributed by atoms with van der Waals surface area (Å²) >= 11 is 0. The largest absolute Gasteiger partial charge is 0.380 e.